The van der Waals surface area contributed by atoms with Crippen LogP contribution in [-0.2, 0) is 6.54 Å². The number of nitrogens with zero attached hydrogens (tertiary/aromatic N) is 3. The van der Waals surface area contributed by atoms with E-state index in [2.05, 4.69) is 16.0 Å². The molecule has 1 aliphatic heterocycles. The average Bonchev–Trinajstić information content (AvgIpc) is 2.56. The summed E-state index contributed by atoms with van der Waals surface area (Å²) in [7, 11) is 0. The van der Waals surface area contributed by atoms with Crippen LogP contribution >= 0.6 is 0 Å². The Balaban J connectivity index is 1.71. The van der Waals surface area contributed by atoms with E-state index in [4.69, 9.17) is 0 Å². The molecule has 0 bridgehead atoms. The lowest BCUT2D eigenvalue weighted by molar-refractivity contribution is -0.384. The van der Waals surface area contributed by atoms with Gasteiger partial charge in [0.25, 0.3) is 5.69 Å². The van der Waals surface area contributed by atoms with Crippen LogP contribution in [-0.4, -0.2) is 27.9 Å². The van der Waals surface area contributed by atoms with E-state index in [1.54, 1.807) is 24.5 Å². The zero-order valence-corrected chi connectivity index (χ0v) is 12.2. The maximum atomic E-state index is 10.9. The fourth-order valence-electron chi connectivity index (χ4n) is 2.74. The van der Waals surface area contributed by atoms with Gasteiger partial charge < -0.3 is 0 Å². The average molecular weight is 295 g/mol. The van der Waals surface area contributed by atoms with Gasteiger partial charge in [-0.25, -0.2) is 0 Å². The molecular formula is C17H17N3O2. The van der Waals surface area contributed by atoms with Crippen molar-refractivity contribution in [3.63, 3.8) is 0 Å². The normalized spacial score (nSPS) is 15.4. The first kappa shape index (κ1) is 14.4. The number of nitro benzene ring substituents is 1. The van der Waals surface area contributed by atoms with E-state index in [-0.39, 0.29) is 10.6 Å². The lowest BCUT2D eigenvalue weighted by atomic mass is 10.0. The predicted molar refractivity (Wildman–Crippen MR) is 85.2 cm³/mol. The van der Waals surface area contributed by atoms with E-state index in [0.717, 1.165) is 31.6 Å². The maximum absolute atomic E-state index is 10.9. The van der Waals surface area contributed by atoms with Crippen molar-refractivity contribution in [1.29, 1.82) is 0 Å². The maximum Gasteiger partial charge on any atom is 0.269 e. The lowest BCUT2D eigenvalue weighted by Gasteiger charge is -2.27. The smallest absolute Gasteiger partial charge is 0.269 e. The minimum Gasteiger partial charge on any atom is -0.295 e. The van der Waals surface area contributed by atoms with Crippen LogP contribution in [0.1, 0.15) is 17.5 Å². The minimum absolute atomic E-state index is 0.152. The highest BCUT2D eigenvalue weighted by Crippen LogP contribution is 2.22. The fraction of sp³-hybridized carbons (Fsp3) is 0.235. The van der Waals surface area contributed by atoms with Gasteiger partial charge >= 0.3 is 0 Å². The molecule has 1 aromatic heterocycles. The quantitative estimate of drug-likeness (QED) is 0.641. The Morgan fingerprint density at radius 2 is 2.05 bits per heavy atom. The summed E-state index contributed by atoms with van der Waals surface area (Å²) in [6.45, 7) is 2.55. The predicted octanol–water partition coefficient (Wildman–Crippen LogP) is 3.28. The van der Waals surface area contributed by atoms with Crippen LogP contribution in [0.3, 0.4) is 0 Å². The number of aromatic nitrogens is 1. The van der Waals surface area contributed by atoms with Gasteiger partial charge in [-0.2, -0.15) is 0 Å². The SMILES string of the molecule is O=[N+]([O-])c1cccc(CN2CCC=C(c3ccncc3)C2)c1. The molecule has 0 spiro atoms. The van der Waals surface area contributed by atoms with Gasteiger partial charge in [-0.1, -0.05) is 18.2 Å². The van der Waals surface area contributed by atoms with Crippen LogP contribution in [0.15, 0.2) is 54.9 Å². The van der Waals surface area contributed by atoms with E-state index >= 15 is 0 Å². The number of pyridine rings is 1. The molecule has 5 heteroatoms. The molecule has 0 unspecified atom stereocenters. The number of hydrogen-bond acceptors (Lipinski definition) is 4. The summed E-state index contributed by atoms with van der Waals surface area (Å²) in [4.78, 5) is 16.9. The third kappa shape index (κ3) is 3.38. The van der Waals surface area contributed by atoms with E-state index < -0.39 is 0 Å². The Bertz CT molecular complexity index is 698. The van der Waals surface area contributed by atoms with Gasteiger partial charge in [0.15, 0.2) is 0 Å². The van der Waals surface area contributed by atoms with E-state index in [9.17, 15) is 10.1 Å². The summed E-state index contributed by atoms with van der Waals surface area (Å²) >= 11 is 0. The molecule has 3 rings (SSSR count). The molecule has 1 aliphatic rings. The van der Waals surface area contributed by atoms with Gasteiger partial charge in [0.2, 0.25) is 0 Å². The summed E-state index contributed by atoms with van der Waals surface area (Å²) in [5.41, 5.74) is 3.61. The van der Waals surface area contributed by atoms with Crippen molar-refractivity contribution >= 4 is 11.3 Å². The first-order valence-corrected chi connectivity index (χ1v) is 7.27. The highest BCUT2D eigenvalue weighted by molar-refractivity contribution is 5.67. The van der Waals surface area contributed by atoms with E-state index in [1.807, 2.05) is 18.2 Å². The first-order valence-electron chi connectivity index (χ1n) is 7.27. The molecule has 0 saturated heterocycles. The Labute approximate surface area is 129 Å². The third-order valence-corrected chi connectivity index (χ3v) is 3.81. The van der Waals surface area contributed by atoms with Gasteiger partial charge in [0, 0.05) is 44.2 Å². The highest BCUT2D eigenvalue weighted by atomic mass is 16.6. The van der Waals surface area contributed by atoms with Crippen LogP contribution in [0.5, 0.6) is 0 Å². The number of non-ortho nitro benzene ring substituents is 1. The van der Waals surface area contributed by atoms with Crippen molar-refractivity contribution in [3.8, 4) is 0 Å². The molecule has 2 heterocycles. The van der Waals surface area contributed by atoms with Crippen LogP contribution < -0.4 is 0 Å². The van der Waals surface area contributed by atoms with Crippen molar-refractivity contribution < 1.29 is 4.92 Å². The topological polar surface area (TPSA) is 59.3 Å². The second kappa shape index (κ2) is 6.49. The Hall–Kier alpha value is -2.53. The van der Waals surface area contributed by atoms with Crippen molar-refractivity contribution in [2.24, 2.45) is 0 Å². The van der Waals surface area contributed by atoms with Gasteiger partial charge in [-0.3, -0.25) is 20.0 Å². The van der Waals surface area contributed by atoms with Crippen LogP contribution in [0, 0.1) is 10.1 Å². The second-order valence-corrected chi connectivity index (χ2v) is 5.39. The monoisotopic (exact) mass is 295 g/mol. The minimum atomic E-state index is -0.345. The lowest BCUT2D eigenvalue weighted by Crippen LogP contribution is -2.29. The molecule has 0 fully saturated rings. The van der Waals surface area contributed by atoms with E-state index in [0.29, 0.717) is 0 Å². The number of hydrogen-bond donors (Lipinski definition) is 0. The number of rotatable bonds is 4. The molecule has 112 valence electrons. The summed E-state index contributed by atoms with van der Waals surface area (Å²) in [6, 6.07) is 10.9. The highest BCUT2D eigenvalue weighted by Gasteiger charge is 2.15. The fourth-order valence-corrected chi connectivity index (χ4v) is 2.74. The standard InChI is InChI=1S/C17H17N3O2/c21-20(22)17-5-1-3-14(11-17)12-19-10-2-4-16(13-19)15-6-8-18-9-7-15/h1,3-9,11H,2,10,12-13H2. The zero-order chi connectivity index (χ0) is 15.4. The number of nitro groups is 1. The van der Waals surface area contributed by atoms with Gasteiger partial charge in [-0.15, -0.1) is 0 Å². The molecule has 0 atom stereocenters. The zero-order valence-electron chi connectivity index (χ0n) is 12.2. The van der Waals surface area contributed by atoms with Crippen molar-refractivity contribution in [1.82, 2.24) is 9.88 Å². The second-order valence-electron chi connectivity index (χ2n) is 5.39. The molecule has 0 radical (unpaired) electrons. The Morgan fingerprint density at radius 1 is 1.23 bits per heavy atom. The Morgan fingerprint density at radius 3 is 2.82 bits per heavy atom. The molecule has 0 aliphatic carbocycles. The molecule has 5 nitrogen and oxygen atoms in total. The summed E-state index contributed by atoms with van der Waals surface area (Å²) in [5, 5.41) is 10.9. The van der Waals surface area contributed by atoms with E-state index in [1.165, 1.54) is 17.2 Å². The summed E-state index contributed by atoms with van der Waals surface area (Å²) in [5.74, 6) is 0. The number of benzene rings is 1. The first-order chi connectivity index (χ1) is 10.7. The van der Waals surface area contributed by atoms with Crippen molar-refractivity contribution in [2.45, 2.75) is 13.0 Å². The van der Waals surface area contributed by atoms with Crippen LogP contribution in [0.25, 0.3) is 5.57 Å². The summed E-state index contributed by atoms with van der Waals surface area (Å²) in [6.07, 6.45) is 6.86. The Kier molecular flexibility index (Phi) is 4.25. The van der Waals surface area contributed by atoms with Crippen molar-refractivity contribution in [2.75, 3.05) is 13.1 Å². The molecule has 22 heavy (non-hydrogen) atoms. The molecule has 0 amide bonds. The van der Waals surface area contributed by atoms with Gasteiger partial charge in [0.1, 0.15) is 0 Å². The molecule has 0 N–H and O–H groups in total. The van der Waals surface area contributed by atoms with Crippen molar-refractivity contribution in [3.05, 3.63) is 76.1 Å². The van der Waals surface area contributed by atoms with Crippen LogP contribution in [0.4, 0.5) is 5.69 Å². The largest absolute Gasteiger partial charge is 0.295 e. The van der Waals surface area contributed by atoms with Gasteiger partial charge in [0.05, 0.1) is 4.92 Å². The van der Waals surface area contributed by atoms with Gasteiger partial charge in [-0.05, 0) is 35.3 Å². The molecule has 1 aromatic carbocycles. The third-order valence-electron chi connectivity index (χ3n) is 3.81. The molecule has 0 saturated carbocycles. The summed E-state index contributed by atoms with van der Waals surface area (Å²) < 4.78 is 0. The van der Waals surface area contributed by atoms with Crippen LogP contribution in [0.2, 0.25) is 0 Å². The molecular weight excluding hydrogens is 278 g/mol. The molecule has 2 aromatic rings.